The highest BCUT2D eigenvalue weighted by atomic mass is 35.5. The predicted molar refractivity (Wildman–Crippen MR) is 78.0 cm³/mol. The molecule has 1 aliphatic heterocycles. The van der Waals surface area contributed by atoms with E-state index in [1.165, 1.54) is 23.0 Å². The first-order valence-corrected chi connectivity index (χ1v) is 7.21. The number of rotatable bonds is 4. The van der Waals surface area contributed by atoms with Gasteiger partial charge in [-0.05, 0) is 12.8 Å². The predicted octanol–water partition coefficient (Wildman–Crippen LogP) is 1.81. The van der Waals surface area contributed by atoms with Crippen molar-refractivity contribution in [1.29, 1.82) is 0 Å². The Balaban J connectivity index is 1.61. The monoisotopic (exact) mass is 306 g/mol. The maximum Gasteiger partial charge on any atom is 0.153 e. The molecule has 3 heterocycles. The number of imidazole rings is 1. The Morgan fingerprint density at radius 2 is 2.33 bits per heavy atom. The molecule has 1 aliphatic carbocycles. The summed E-state index contributed by atoms with van der Waals surface area (Å²) in [5.41, 5.74) is 1.78. The van der Waals surface area contributed by atoms with E-state index in [0.29, 0.717) is 18.2 Å². The lowest BCUT2D eigenvalue weighted by Gasteiger charge is -2.22. The van der Waals surface area contributed by atoms with E-state index in [2.05, 4.69) is 20.5 Å². The van der Waals surface area contributed by atoms with E-state index in [4.69, 9.17) is 11.8 Å². The zero-order valence-corrected chi connectivity index (χ0v) is 12.0. The van der Waals surface area contributed by atoms with E-state index in [-0.39, 0.29) is 6.61 Å². The normalized spacial score (nSPS) is 17.6. The summed E-state index contributed by atoms with van der Waals surface area (Å²) in [5, 5.41) is 19.8. The van der Waals surface area contributed by atoms with Gasteiger partial charge in [-0.2, -0.15) is 5.10 Å². The molecule has 21 heavy (non-hydrogen) atoms. The number of hydrogen-bond acceptors (Lipinski definition) is 5. The van der Waals surface area contributed by atoms with E-state index in [0.717, 1.165) is 17.5 Å². The fraction of sp³-hybridized carbons (Fsp3) is 0.385. The molecule has 0 atom stereocenters. The van der Waals surface area contributed by atoms with E-state index >= 15 is 0 Å². The number of H-pyrrole nitrogens is 1. The van der Waals surface area contributed by atoms with Gasteiger partial charge in [-0.25, -0.2) is 4.98 Å². The minimum Gasteiger partial charge on any atom is -0.390 e. The molecule has 0 unspecified atom stereocenters. The minimum atomic E-state index is -0.0935. The van der Waals surface area contributed by atoms with Gasteiger partial charge in [-0.1, -0.05) is 0 Å². The van der Waals surface area contributed by atoms with E-state index in [9.17, 15) is 5.11 Å². The summed E-state index contributed by atoms with van der Waals surface area (Å²) < 4.78 is 3.41. The molecule has 0 spiro atoms. The number of nitrogens with zero attached hydrogens (tertiary/aromatic N) is 4. The first kappa shape index (κ1) is 12.7. The number of halogens is 1. The van der Waals surface area contributed by atoms with Gasteiger partial charge < -0.3 is 10.4 Å². The molecule has 2 aliphatic rings. The summed E-state index contributed by atoms with van der Waals surface area (Å²) in [5.74, 6) is 2.91. The highest BCUT2D eigenvalue weighted by Crippen LogP contribution is 2.39. The zero-order chi connectivity index (χ0) is 14.4. The van der Waals surface area contributed by atoms with Crippen LogP contribution in [0.25, 0.3) is 5.82 Å². The van der Waals surface area contributed by atoms with Crippen molar-refractivity contribution < 1.29 is 5.11 Å². The SMILES string of the molecule is OCc1cn2c(n1)CN(Cl)C=C2Nc1cc(C2CC2)[nH]n1. The largest absolute Gasteiger partial charge is 0.390 e. The Bertz CT molecular complexity index is 701. The molecule has 8 heteroatoms. The molecule has 1 saturated carbocycles. The number of aromatic amines is 1. The van der Waals surface area contributed by atoms with Crippen molar-refractivity contribution in [3.8, 4) is 0 Å². The molecule has 0 bridgehead atoms. The van der Waals surface area contributed by atoms with Gasteiger partial charge in [-0.15, -0.1) is 0 Å². The first-order valence-electron chi connectivity index (χ1n) is 6.88. The fourth-order valence-electron chi connectivity index (χ4n) is 2.47. The van der Waals surface area contributed by atoms with Crippen LogP contribution in [0.5, 0.6) is 0 Å². The summed E-state index contributed by atoms with van der Waals surface area (Å²) in [6, 6.07) is 2.02. The van der Waals surface area contributed by atoms with Crippen LogP contribution in [0.15, 0.2) is 18.5 Å². The number of aliphatic hydroxyl groups is 1. The van der Waals surface area contributed by atoms with Gasteiger partial charge in [0.2, 0.25) is 0 Å². The molecular weight excluding hydrogens is 292 g/mol. The Hall–Kier alpha value is -1.99. The molecule has 0 saturated heterocycles. The third kappa shape index (κ3) is 2.38. The number of anilines is 1. The second kappa shape index (κ2) is 4.78. The van der Waals surface area contributed by atoms with Crippen LogP contribution in [0.3, 0.4) is 0 Å². The van der Waals surface area contributed by atoms with Crippen molar-refractivity contribution in [2.45, 2.75) is 31.9 Å². The topological polar surface area (TPSA) is 82.0 Å². The van der Waals surface area contributed by atoms with Gasteiger partial charge in [-0.3, -0.25) is 14.1 Å². The molecular formula is C13H15ClN6O. The molecule has 4 rings (SSSR count). The Labute approximate surface area is 126 Å². The van der Waals surface area contributed by atoms with Crippen molar-refractivity contribution in [3.63, 3.8) is 0 Å². The van der Waals surface area contributed by atoms with Crippen LogP contribution in [-0.2, 0) is 13.2 Å². The molecule has 3 N–H and O–H groups in total. The van der Waals surface area contributed by atoms with Crippen LogP contribution in [0, 0.1) is 0 Å². The van der Waals surface area contributed by atoms with Crippen molar-refractivity contribution in [1.82, 2.24) is 24.2 Å². The number of hydrogen-bond donors (Lipinski definition) is 3. The van der Waals surface area contributed by atoms with Crippen LogP contribution in [0.1, 0.15) is 36.0 Å². The van der Waals surface area contributed by atoms with Crippen LogP contribution in [0.4, 0.5) is 5.82 Å². The van der Waals surface area contributed by atoms with Gasteiger partial charge in [0, 0.05) is 35.7 Å². The van der Waals surface area contributed by atoms with Crippen molar-refractivity contribution >= 4 is 23.4 Å². The summed E-state index contributed by atoms with van der Waals surface area (Å²) in [7, 11) is 0. The van der Waals surface area contributed by atoms with Crippen LogP contribution < -0.4 is 5.32 Å². The minimum absolute atomic E-state index is 0.0935. The summed E-state index contributed by atoms with van der Waals surface area (Å²) in [6.45, 7) is 0.393. The van der Waals surface area contributed by atoms with Crippen LogP contribution >= 0.6 is 11.8 Å². The quantitative estimate of drug-likeness (QED) is 0.751. The average Bonchev–Trinajstić information content (AvgIpc) is 3.06. The lowest BCUT2D eigenvalue weighted by Crippen LogP contribution is -2.21. The van der Waals surface area contributed by atoms with Crippen LogP contribution in [0.2, 0.25) is 0 Å². The van der Waals surface area contributed by atoms with Crippen molar-refractivity contribution in [2.75, 3.05) is 5.32 Å². The molecule has 0 radical (unpaired) electrons. The van der Waals surface area contributed by atoms with Crippen molar-refractivity contribution in [2.24, 2.45) is 0 Å². The average molecular weight is 307 g/mol. The zero-order valence-electron chi connectivity index (χ0n) is 11.3. The third-order valence-corrected chi connectivity index (χ3v) is 3.89. The highest BCUT2D eigenvalue weighted by Gasteiger charge is 2.26. The van der Waals surface area contributed by atoms with Crippen LogP contribution in [-0.4, -0.2) is 29.3 Å². The molecule has 2 aromatic rings. The first-order chi connectivity index (χ1) is 10.2. The maximum absolute atomic E-state index is 9.22. The lowest BCUT2D eigenvalue weighted by atomic mass is 10.3. The van der Waals surface area contributed by atoms with Crippen molar-refractivity contribution in [3.05, 3.63) is 35.7 Å². The van der Waals surface area contributed by atoms with E-state index in [1.54, 1.807) is 12.4 Å². The molecule has 1 fully saturated rings. The smallest absolute Gasteiger partial charge is 0.153 e. The lowest BCUT2D eigenvalue weighted by molar-refractivity contribution is 0.277. The van der Waals surface area contributed by atoms with E-state index < -0.39 is 0 Å². The Kier molecular flexibility index (Phi) is 2.90. The van der Waals surface area contributed by atoms with Gasteiger partial charge in [0.15, 0.2) is 5.82 Å². The molecule has 110 valence electrons. The fourth-order valence-corrected chi connectivity index (χ4v) is 2.67. The Morgan fingerprint density at radius 1 is 1.48 bits per heavy atom. The second-order valence-electron chi connectivity index (χ2n) is 5.36. The standard InChI is InChI=1S/C13H15ClN6O/c14-19-5-12-15-9(7-21)4-20(12)13(6-19)16-11-3-10(17-18-11)8-1-2-8/h3-4,6,8,21H,1-2,5,7H2,(H2,16,17,18). The second-order valence-corrected chi connectivity index (χ2v) is 5.79. The number of aromatic nitrogens is 4. The molecule has 7 nitrogen and oxygen atoms in total. The maximum atomic E-state index is 9.22. The Morgan fingerprint density at radius 3 is 3.10 bits per heavy atom. The highest BCUT2D eigenvalue weighted by molar-refractivity contribution is 6.14. The summed E-state index contributed by atoms with van der Waals surface area (Å²) in [4.78, 5) is 4.33. The van der Waals surface area contributed by atoms with Gasteiger partial charge in [0.25, 0.3) is 0 Å². The summed E-state index contributed by atoms with van der Waals surface area (Å²) >= 11 is 6.10. The van der Waals surface area contributed by atoms with E-state index in [1.807, 2.05) is 10.6 Å². The molecule has 2 aromatic heterocycles. The summed E-state index contributed by atoms with van der Waals surface area (Å²) in [6.07, 6.45) is 6.03. The number of nitrogens with one attached hydrogen (secondary N) is 2. The number of aliphatic hydroxyl groups excluding tert-OH is 1. The third-order valence-electron chi connectivity index (χ3n) is 3.68. The number of fused-ring (bicyclic) bond motifs is 1. The van der Waals surface area contributed by atoms with Gasteiger partial charge in [0.05, 0.1) is 25.0 Å². The molecule has 0 aromatic carbocycles. The van der Waals surface area contributed by atoms with Gasteiger partial charge in [0.1, 0.15) is 11.6 Å². The molecule has 0 amide bonds. The van der Waals surface area contributed by atoms with Gasteiger partial charge >= 0.3 is 0 Å².